The van der Waals surface area contributed by atoms with Crippen LogP contribution >= 0.6 is 0 Å². The first kappa shape index (κ1) is 17.0. The van der Waals surface area contributed by atoms with Gasteiger partial charge in [0.1, 0.15) is 5.69 Å². The molecule has 3 aromatic rings. The number of hydrogen-bond acceptors (Lipinski definition) is 2. The van der Waals surface area contributed by atoms with E-state index in [1.807, 2.05) is 30.3 Å². The predicted molar refractivity (Wildman–Crippen MR) is 89.2 cm³/mol. The van der Waals surface area contributed by atoms with Crippen LogP contribution in [0.3, 0.4) is 0 Å². The maximum Gasteiger partial charge on any atom is 0.416 e. The second-order valence-electron chi connectivity index (χ2n) is 5.59. The molecule has 3 rings (SSSR count). The molecule has 0 spiro atoms. The van der Waals surface area contributed by atoms with Gasteiger partial charge in [-0.2, -0.15) is 13.2 Å². The molecule has 0 unspecified atom stereocenters. The van der Waals surface area contributed by atoms with Crippen molar-refractivity contribution in [3.05, 3.63) is 77.5 Å². The first-order valence-corrected chi connectivity index (χ1v) is 7.73. The van der Waals surface area contributed by atoms with Crippen LogP contribution in [-0.2, 0) is 12.6 Å². The average molecular weight is 344 g/mol. The molecule has 1 aromatic heterocycles. The number of alkyl halides is 3. The molecular formula is C19H15F3N2O. The lowest BCUT2D eigenvalue weighted by atomic mass is 10.1. The van der Waals surface area contributed by atoms with E-state index in [0.29, 0.717) is 18.7 Å². The maximum atomic E-state index is 12.5. The van der Waals surface area contributed by atoms with E-state index in [1.54, 1.807) is 6.07 Å². The number of hydrogen-bond donors (Lipinski definition) is 1. The Bertz CT molecular complexity index is 889. The van der Waals surface area contributed by atoms with Crippen molar-refractivity contribution in [2.24, 2.45) is 0 Å². The Morgan fingerprint density at radius 1 is 0.960 bits per heavy atom. The fraction of sp³-hybridized carbons (Fsp3) is 0.158. The van der Waals surface area contributed by atoms with Gasteiger partial charge in [-0.25, -0.2) is 4.98 Å². The van der Waals surface area contributed by atoms with Crippen LogP contribution in [0.2, 0.25) is 0 Å². The van der Waals surface area contributed by atoms with Crippen molar-refractivity contribution in [1.29, 1.82) is 0 Å². The number of carbonyl (C=O) groups is 1. The number of pyridine rings is 1. The molecule has 0 aliphatic heterocycles. The second kappa shape index (κ2) is 6.93. The Morgan fingerprint density at radius 2 is 1.68 bits per heavy atom. The molecule has 2 aromatic carbocycles. The topological polar surface area (TPSA) is 42.0 Å². The minimum absolute atomic E-state index is 0.308. The van der Waals surface area contributed by atoms with E-state index in [0.717, 1.165) is 28.6 Å². The predicted octanol–water partition coefficient (Wildman–Crippen LogP) is 4.23. The first-order chi connectivity index (χ1) is 11.9. The highest BCUT2D eigenvalue weighted by atomic mass is 19.4. The third-order valence-corrected chi connectivity index (χ3v) is 3.81. The van der Waals surface area contributed by atoms with Crippen molar-refractivity contribution in [3.8, 4) is 0 Å². The number of benzene rings is 2. The molecular weight excluding hydrogens is 329 g/mol. The van der Waals surface area contributed by atoms with Gasteiger partial charge in [-0.15, -0.1) is 0 Å². The van der Waals surface area contributed by atoms with E-state index < -0.39 is 11.7 Å². The summed E-state index contributed by atoms with van der Waals surface area (Å²) in [6.45, 7) is 0.318. The standard InChI is InChI=1S/C19H15F3N2O/c20-19(21,22)15-8-5-13(6-9-15)11-12-23-18(25)17-10-7-14-3-1-2-4-16(14)24-17/h1-10H,11-12H2,(H,23,25). The first-order valence-electron chi connectivity index (χ1n) is 7.73. The van der Waals surface area contributed by atoms with Gasteiger partial charge >= 0.3 is 6.18 Å². The van der Waals surface area contributed by atoms with Crippen molar-refractivity contribution in [2.45, 2.75) is 12.6 Å². The number of nitrogens with one attached hydrogen (secondary N) is 1. The van der Waals surface area contributed by atoms with Gasteiger partial charge in [0.25, 0.3) is 5.91 Å². The number of halogens is 3. The number of fused-ring (bicyclic) bond motifs is 1. The fourth-order valence-corrected chi connectivity index (χ4v) is 2.46. The number of aromatic nitrogens is 1. The van der Waals surface area contributed by atoms with Crippen LogP contribution in [0.4, 0.5) is 13.2 Å². The Balaban J connectivity index is 1.58. The van der Waals surface area contributed by atoms with Crippen LogP contribution in [0.25, 0.3) is 10.9 Å². The van der Waals surface area contributed by atoms with Crippen LogP contribution < -0.4 is 5.32 Å². The van der Waals surface area contributed by atoms with Gasteiger partial charge in [0.15, 0.2) is 0 Å². The van der Waals surface area contributed by atoms with Crippen molar-refractivity contribution in [3.63, 3.8) is 0 Å². The van der Waals surface area contributed by atoms with Gasteiger partial charge in [0.2, 0.25) is 0 Å². The van der Waals surface area contributed by atoms with Crippen LogP contribution in [0.1, 0.15) is 21.6 Å². The van der Waals surface area contributed by atoms with E-state index in [2.05, 4.69) is 10.3 Å². The lowest BCUT2D eigenvalue weighted by Gasteiger charge is -2.08. The Labute approximate surface area is 142 Å². The molecule has 0 saturated heterocycles. The molecule has 0 fully saturated rings. The monoisotopic (exact) mass is 344 g/mol. The van der Waals surface area contributed by atoms with Crippen molar-refractivity contribution >= 4 is 16.8 Å². The Kier molecular flexibility index (Phi) is 4.70. The number of carbonyl (C=O) groups excluding carboxylic acids is 1. The van der Waals surface area contributed by atoms with Gasteiger partial charge < -0.3 is 5.32 Å². The molecule has 0 bridgehead atoms. The van der Waals surface area contributed by atoms with E-state index in [4.69, 9.17) is 0 Å². The molecule has 25 heavy (non-hydrogen) atoms. The zero-order valence-electron chi connectivity index (χ0n) is 13.2. The fourth-order valence-electron chi connectivity index (χ4n) is 2.46. The number of amides is 1. The Hall–Kier alpha value is -2.89. The van der Waals surface area contributed by atoms with Gasteiger partial charge in [-0.3, -0.25) is 4.79 Å². The summed E-state index contributed by atoms with van der Waals surface area (Å²) in [5, 5.41) is 3.68. The molecule has 1 amide bonds. The molecule has 128 valence electrons. The quantitative estimate of drug-likeness (QED) is 0.770. The zero-order valence-corrected chi connectivity index (χ0v) is 13.2. The molecule has 1 N–H and O–H groups in total. The Morgan fingerprint density at radius 3 is 2.40 bits per heavy atom. The maximum absolute atomic E-state index is 12.5. The van der Waals surface area contributed by atoms with Crippen LogP contribution in [0, 0.1) is 0 Å². The SMILES string of the molecule is O=C(NCCc1ccc(C(F)(F)F)cc1)c1ccc2ccccc2n1. The molecule has 0 aliphatic carbocycles. The number of rotatable bonds is 4. The second-order valence-corrected chi connectivity index (χ2v) is 5.59. The molecule has 0 aliphatic rings. The van der Waals surface area contributed by atoms with Crippen LogP contribution in [0.15, 0.2) is 60.7 Å². The summed E-state index contributed by atoms with van der Waals surface area (Å²) < 4.78 is 37.5. The summed E-state index contributed by atoms with van der Waals surface area (Å²) in [6.07, 6.45) is -3.90. The van der Waals surface area contributed by atoms with E-state index in [9.17, 15) is 18.0 Å². The molecule has 0 atom stereocenters. The summed E-state index contributed by atoms with van der Waals surface area (Å²) in [7, 11) is 0. The van der Waals surface area contributed by atoms with E-state index >= 15 is 0 Å². The largest absolute Gasteiger partial charge is 0.416 e. The third-order valence-electron chi connectivity index (χ3n) is 3.81. The summed E-state index contributed by atoms with van der Waals surface area (Å²) >= 11 is 0. The summed E-state index contributed by atoms with van der Waals surface area (Å²) in [5.74, 6) is -0.308. The van der Waals surface area contributed by atoms with Gasteiger partial charge in [-0.1, -0.05) is 36.4 Å². The molecule has 0 radical (unpaired) electrons. The lowest BCUT2D eigenvalue weighted by molar-refractivity contribution is -0.137. The summed E-state index contributed by atoms with van der Waals surface area (Å²) in [5.41, 5.74) is 1.09. The zero-order chi connectivity index (χ0) is 17.9. The molecule has 0 saturated carbocycles. The van der Waals surface area contributed by atoms with Gasteiger partial charge in [0.05, 0.1) is 11.1 Å². The van der Waals surface area contributed by atoms with Crippen molar-refractivity contribution < 1.29 is 18.0 Å². The normalized spacial score (nSPS) is 11.5. The van der Waals surface area contributed by atoms with Crippen molar-refractivity contribution in [2.75, 3.05) is 6.54 Å². The molecule has 6 heteroatoms. The highest BCUT2D eigenvalue weighted by molar-refractivity contribution is 5.94. The lowest BCUT2D eigenvalue weighted by Crippen LogP contribution is -2.26. The summed E-state index contributed by atoms with van der Waals surface area (Å²) in [6, 6.07) is 15.9. The average Bonchev–Trinajstić information content (AvgIpc) is 2.61. The third kappa shape index (κ3) is 4.15. The minimum atomic E-state index is -4.34. The van der Waals surface area contributed by atoms with E-state index in [-0.39, 0.29) is 5.91 Å². The van der Waals surface area contributed by atoms with Gasteiger partial charge in [-0.05, 0) is 36.2 Å². The van der Waals surface area contributed by atoms with Crippen molar-refractivity contribution in [1.82, 2.24) is 10.3 Å². The highest BCUT2D eigenvalue weighted by Gasteiger charge is 2.29. The summed E-state index contributed by atoms with van der Waals surface area (Å²) in [4.78, 5) is 16.4. The molecule has 1 heterocycles. The number of para-hydroxylation sites is 1. The van der Waals surface area contributed by atoms with Gasteiger partial charge in [0, 0.05) is 11.9 Å². The number of nitrogens with zero attached hydrogens (tertiary/aromatic N) is 1. The molecule has 3 nitrogen and oxygen atoms in total. The van der Waals surface area contributed by atoms with Crippen LogP contribution in [0.5, 0.6) is 0 Å². The minimum Gasteiger partial charge on any atom is -0.350 e. The smallest absolute Gasteiger partial charge is 0.350 e. The highest BCUT2D eigenvalue weighted by Crippen LogP contribution is 2.29. The van der Waals surface area contributed by atoms with E-state index in [1.165, 1.54) is 12.1 Å². The van der Waals surface area contributed by atoms with Crippen LogP contribution in [-0.4, -0.2) is 17.4 Å².